The summed E-state index contributed by atoms with van der Waals surface area (Å²) in [5.74, 6) is -0.258. The van der Waals surface area contributed by atoms with Crippen molar-refractivity contribution in [3.8, 4) is 0 Å². The van der Waals surface area contributed by atoms with E-state index in [2.05, 4.69) is 5.32 Å². The highest BCUT2D eigenvalue weighted by molar-refractivity contribution is 5.42. The number of hydrogen-bond donors (Lipinski definition) is 2. The van der Waals surface area contributed by atoms with Gasteiger partial charge < -0.3 is 15.2 Å². The summed E-state index contributed by atoms with van der Waals surface area (Å²) in [6.07, 6.45) is 5.76. The van der Waals surface area contributed by atoms with E-state index in [1.54, 1.807) is 12.1 Å². The second kappa shape index (κ2) is 7.46. The molecular formula is C15H22FNO2. The number of aliphatic hydroxyl groups excluding tert-OH is 1. The molecule has 3 nitrogen and oxygen atoms in total. The fourth-order valence-corrected chi connectivity index (χ4v) is 2.34. The van der Waals surface area contributed by atoms with Crippen molar-refractivity contribution in [3.63, 3.8) is 0 Å². The molecular weight excluding hydrogens is 245 g/mol. The van der Waals surface area contributed by atoms with Crippen LogP contribution in [0, 0.1) is 5.82 Å². The van der Waals surface area contributed by atoms with Gasteiger partial charge in [0.2, 0.25) is 0 Å². The number of ether oxygens (including phenoxy) is 1. The summed E-state index contributed by atoms with van der Waals surface area (Å²) in [6.45, 7) is 0.775. The largest absolute Gasteiger partial charge is 0.389 e. The maximum atomic E-state index is 12.7. The molecule has 4 heteroatoms. The van der Waals surface area contributed by atoms with E-state index in [9.17, 15) is 9.50 Å². The quantitative estimate of drug-likeness (QED) is 0.832. The summed E-state index contributed by atoms with van der Waals surface area (Å²) in [5, 5.41) is 12.9. The van der Waals surface area contributed by atoms with Gasteiger partial charge in [0, 0.05) is 12.2 Å². The lowest BCUT2D eigenvalue weighted by Crippen LogP contribution is -2.28. The Morgan fingerprint density at radius 3 is 2.58 bits per heavy atom. The van der Waals surface area contributed by atoms with Gasteiger partial charge in [0.1, 0.15) is 5.82 Å². The first-order valence-electron chi connectivity index (χ1n) is 7.03. The van der Waals surface area contributed by atoms with Crippen LogP contribution < -0.4 is 5.32 Å². The van der Waals surface area contributed by atoms with Gasteiger partial charge in [0.05, 0.1) is 18.8 Å². The van der Waals surface area contributed by atoms with Gasteiger partial charge in [0.15, 0.2) is 0 Å². The van der Waals surface area contributed by atoms with Gasteiger partial charge in [-0.1, -0.05) is 19.3 Å². The smallest absolute Gasteiger partial charge is 0.123 e. The van der Waals surface area contributed by atoms with Crippen molar-refractivity contribution in [2.75, 3.05) is 18.5 Å². The Labute approximate surface area is 113 Å². The van der Waals surface area contributed by atoms with Crippen LogP contribution in [0.1, 0.15) is 32.1 Å². The van der Waals surface area contributed by atoms with Crippen molar-refractivity contribution < 1.29 is 14.2 Å². The van der Waals surface area contributed by atoms with E-state index in [-0.39, 0.29) is 5.82 Å². The predicted molar refractivity (Wildman–Crippen MR) is 73.7 cm³/mol. The molecule has 1 aliphatic rings. The fourth-order valence-electron chi connectivity index (χ4n) is 2.34. The van der Waals surface area contributed by atoms with E-state index < -0.39 is 6.10 Å². The minimum Gasteiger partial charge on any atom is -0.389 e. The molecule has 0 radical (unpaired) electrons. The predicted octanol–water partition coefficient (Wildman–Crippen LogP) is 2.95. The van der Waals surface area contributed by atoms with Crippen LogP contribution in [-0.4, -0.2) is 30.5 Å². The van der Waals surface area contributed by atoms with Gasteiger partial charge in [0.25, 0.3) is 0 Å². The molecule has 0 heterocycles. The van der Waals surface area contributed by atoms with Gasteiger partial charge in [-0.15, -0.1) is 0 Å². The SMILES string of the molecule is OC(CNc1ccc(F)cc1)COC1CCCCC1. The average Bonchev–Trinajstić information content (AvgIpc) is 2.45. The molecule has 1 aromatic carbocycles. The highest BCUT2D eigenvalue weighted by atomic mass is 19.1. The molecule has 0 aliphatic heterocycles. The average molecular weight is 267 g/mol. The minimum absolute atomic E-state index is 0.258. The summed E-state index contributed by atoms with van der Waals surface area (Å²) < 4.78 is 18.4. The third-order valence-corrected chi connectivity index (χ3v) is 3.46. The van der Waals surface area contributed by atoms with Crippen LogP contribution in [0.5, 0.6) is 0 Å². The molecule has 2 rings (SSSR count). The number of anilines is 1. The number of nitrogens with one attached hydrogen (secondary N) is 1. The topological polar surface area (TPSA) is 41.5 Å². The van der Waals surface area contributed by atoms with Gasteiger partial charge in [-0.25, -0.2) is 4.39 Å². The Morgan fingerprint density at radius 2 is 1.89 bits per heavy atom. The molecule has 2 N–H and O–H groups in total. The molecule has 0 saturated heterocycles. The zero-order valence-electron chi connectivity index (χ0n) is 11.1. The Hall–Kier alpha value is -1.13. The van der Waals surface area contributed by atoms with Crippen molar-refractivity contribution in [1.29, 1.82) is 0 Å². The van der Waals surface area contributed by atoms with Crippen molar-refractivity contribution in [3.05, 3.63) is 30.1 Å². The molecule has 1 aliphatic carbocycles. The minimum atomic E-state index is -0.535. The van der Waals surface area contributed by atoms with E-state index >= 15 is 0 Å². The van der Waals surface area contributed by atoms with E-state index in [0.29, 0.717) is 19.3 Å². The molecule has 19 heavy (non-hydrogen) atoms. The van der Waals surface area contributed by atoms with Gasteiger partial charge in [-0.2, -0.15) is 0 Å². The molecule has 0 aromatic heterocycles. The van der Waals surface area contributed by atoms with Crippen LogP contribution in [0.4, 0.5) is 10.1 Å². The monoisotopic (exact) mass is 267 g/mol. The Morgan fingerprint density at radius 1 is 1.21 bits per heavy atom. The number of aliphatic hydroxyl groups is 1. The Balaban J connectivity index is 1.63. The zero-order valence-corrected chi connectivity index (χ0v) is 11.1. The first-order valence-corrected chi connectivity index (χ1v) is 7.03. The summed E-state index contributed by atoms with van der Waals surface area (Å²) in [7, 11) is 0. The van der Waals surface area contributed by atoms with Crippen LogP contribution in [0.3, 0.4) is 0 Å². The summed E-state index contributed by atoms with van der Waals surface area (Å²) in [4.78, 5) is 0. The normalized spacial score (nSPS) is 18.2. The summed E-state index contributed by atoms with van der Waals surface area (Å²) in [6, 6.07) is 6.11. The van der Waals surface area contributed by atoms with Gasteiger partial charge in [-0.05, 0) is 37.1 Å². The maximum Gasteiger partial charge on any atom is 0.123 e. The highest BCUT2D eigenvalue weighted by Crippen LogP contribution is 2.20. The Bertz CT molecular complexity index is 363. The number of halogens is 1. The first-order chi connectivity index (χ1) is 9.24. The first kappa shape index (κ1) is 14.3. The van der Waals surface area contributed by atoms with Crippen molar-refractivity contribution in [1.82, 2.24) is 0 Å². The van der Waals surface area contributed by atoms with Crippen molar-refractivity contribution >= 4 is 5.69 Å². The molecule has 0 amide bonds. The molecule has 1 unspecified atom stereocenters. The molecule has 1 saturated carbocycles. The van der Waals surface area contributed by atoms with Crippen LogP contribution in [0.25, 0.3) is 0 Å². The third kappa shape index (κ3) is 5.17. The fraction of sp³-hybridized carbons (Fsp3) is 0.600. The van der Waals surface area contributed by atoms with E-state index in [1.807, 2.05) is 0 Å². The Kier molecular flexibility index (Phi) is 5.61. The highest BCUT2D eigenvalue weighted by Gasteiger charge is 2.15. The number of benzene rings is 1. The number of hydrogen-bond acceptors (Lipinski definition) is 3. The number of rotatable bonds is 6. The molecule has 0 bridgehead atoms. The lowest BCUT2D eigenvalue weighted by atomic mass is 9.98. The van der Waals surface area contributed by atoms with Crippen LogP contribution >= 0.6 is 0 Å². The summed E-state index contributed by atoms with van der Waals surface area (Å²) in [5.41, 5.74) is 0.804. The molecule has 1 aromatic rings. The van der Waals surface area contributed by atoms with Gasteiger partial charge in [-0.3, -0.25) is 0 Å². The molecule has 1 atom stereocenters. The van der Waals surface area contributed by atoms with E-state index in [1.165, 1.54) is 31.4 Å². The third-order valence-electron chi connectivity index (χ3n) is 3.46. The molecule has 106 valence electrons. The van der Waals surface area contributed by atoms with Crippen LogP contribution in [0.15, 0.2) is 24.3 Å². The standard InChI is InChI=1S/C15H22FNO2/c16-12-6-8-13(9-7-12)17-10-14(18)11-19-15-4-2-1-3-5-15/h6-9,14-15,17-18H,1-5,10-11H2. The van der Waals surface area contributed by atoms with Crippen LogP contribution in [-0.2, 0) is 4.74 Å². The lowest BCUT2D eigenvalue weighted by Gasteiger charge is -2.23. The summed E-state index contributed by atoms with van der Waals surface area (Å²) >= 11 is 0. The second-order valence-electron chi connectivity index (χ2n) is 5.13. The lowest BCUT2D eigenvalue weighted by molar-refractivity contribution is -0.0195. The van der Waals surface area contributed by atoms with Crippen LogP contribution in [0.2, 0.25) is 0 Å². The van der Waals surface area contributed by atoms with Crippen molar-refractivity contribution in [2.24, 2.45) is 0 Å². The second-order valence-corrected chi connectivity index (χ2v) is 5.13. The molecule has 1 fully saturated rings. The maximum absolute atomic E-state index is 12.7. The van der Waals surface area contributed by atoms with E-state index in [4.69, 9.17) is 4.74 Å². The molecule has 0 spiro atoms. The van der Waals surface area contributed by atoms with Crippen molar-refractivity contribution in [2.45, 2.75) is 44.3 Å². The zero-order chi connectivity index (χ0) is 13.5. The van der Waals surface area contributed by atoms with E-state index in [0.717, 1.165) is 18.5 Å². The van der Waals surface area contributed by atoms with Gasteiger partial charge >= 0.3 is 0 Å².